The van der Waals surface area contributed by atoms with Crippen molar-refractivity contribution in [2.45, 2.75) is 0 Å². The number of nitrogens with one attached hydrogen (secondary N) is 1. The Kier molecular flexibility index (Phi) is 2.02. The predicted molar refractivity (Wildman–Crippen MR) is 50.6 cm³/mol. The van der Waals surface area contributed by atoms with Crippen molar-refractivity contribution in [2.24, 2.45) is 0 Å². The Labute approximate surface area is 80.1 Å². The molecule has 1 aromatic heterocycles. The van der Waals surface area contributed by atoms with Crippen molar-refractivity contribution in [1.29, 1.82) is 0 Å². The monoisotopic (exact) mass is 191 g/mol. The lowest BCUT2D eigenvalue weighted by Crippen LogP contribution is -1.93. The van der Waals surface area contributed by atoms with Gasteiger partial charge in [0.15, 0.2) is 5.82 Å². The van der Waals surface area contributed by atoms with Crippen molar-refractivity contribution in [3.05, 3.63) is 18.2 Å². The fourth-order valence-electron chi connectivity index (χ4n) is 1.16. The van der Waals surface area contributed by atoms with Crippen molar-refractivity contribution in [3.8, 4) is 17.1 Å². The summed E-state index contributed by atoms with van der Waals surface area (Å²) in [6.07, 6.45) is 0. The third-order valence-corrected chi connectivity index (χ3v) is 1.85. The van der Waals surface area contributed by atoms with Crippen molar-refractivity contribution in [2.75, 3.05) is 12.8 Å². The van der Waals surface area contributed by atoms with Gasteiger partial charge in [-0.2, -0.15) is 0 Å². The third kappa shape index (κ3) is 1.37. The number of H-pyrrole nitrogens is 1. The molecule has 0 radical (unpaired) electrons. The zero-order valence-corrected chi connectivity index (χ0v) is 7.56. The molecule has 0 fully saturated rings. The zero-order chi connectivity index (χ0) is 9.97. The predicted octanol–water partition coefficient (Wildman–Crippen LogP) is 0.457. The number of aromatic nitrogens is 4. The quantitative estimate of drug-likeness (QED) is 0.673. The standard InChI is InChI=1S/C8H9N5O/c1-14-7-3-2-5(4-6(7)9)8-10-12-13-11-8/h2-4H,9H2,1H3,(H,10,11,12,13). The molecule has 0 aliphatic rings. The Morgan fingerprint density at radius 2 is 2.29 bits per heavy atom. The summed E-state index contributed by atoms with van der Waals surface area (Å²) in [6.45, 7) is 0. The molecule has 0 atom stereocenters. The van der Waals surface area contributed by atoms with Gasteiger partial charge in [0.25, 0.3) is 0 Å². The van der Waals surface area contributed by atoms with E-state index >= 15 is 0 Å². The first kappa shape index (κ1) is 8.49. The van der Waals surface area contributed by atoms with Gasteiger partial charge in [0.2, 0.25) is 0 Å². The number of methoxy groups -OCH3 is 1. The number of anilines is 1. The van der Waals surface area contributed by atoms with Crippen molar-refractivity contribution >= 4 is 5.69 Å². The highest BCUT2D eigenvalue weighted by atomic mass is 16.5. The maximum Gasteiger partial charge on any atom is 0.179 e. The van der Waals surface area contributed by atoms with E-state index in [4.69, 9.17) is 10.5 Å². The lowest BCUT2D eigenvalue weighted by Gasteiger charge is -2.04. The molecule has 1 aromatic carbocycles. The minimum Gasteiger partial charge on any atom is -0.495 e. The summed E-state index contributed by atoms with van der Waals surface area (Å²) in [5, 5.41) is 13.4. The summed E-state index contributed by atoms with van der Waals surface area (Å²) in [7, 11) is 1.57. The van der Waals surface area contributed by atoms with E-state index < -0.39 is 0 Å². The molecular weight excluding hydrogens is 182 g/mol. The molecule has 0 unspecified atom stereocenters. The first-order chi connectivity index (χ1) is 6.81. The van der Waals surface area contributed by atoms with Gasteiger partial charge in [-0.3, -0.25) is 0 Å². The molecule has 0 saturated carbocycles. The van der Waals surface area contributed by atoms with Crippen LogP contribution in [0.1, 0.15) is 0 Å². The third-order valence-electron chi connectivity index (χ3n) is 1.85. The molecule has 3 N–H and O–H groups in total. The van der Waals surface area contributed by atoms with Gasteiger partial charge >= 0.3 is 0 Å². The Morgan fingerprint density at radius 1 is 1.43 bits per heavy atom. The van der Waals surface area contributed by atoms with Gasteiger partial charge in [0.1, 0.15) is 5.75 Å². The summed E-state index contributed by atoms with van der Waals surface area (Å²) >= 11 is 0. The number of benzene rings is 1. The second kappa shape index (κ2) is 3.33. The van der Waals surface area contributed by atoms with E-state index in [0.29, 0.717) is 17.3 Å². The van der Waals surface area contributed by atoms with Crippen molar-refractivity contribution in [3.63, 3.8) is 0 Å². The summed E-state index contributed by atoms with van der Waals surface area (Å²) < 4.78 is 5.03. The molecule has 14 heavy (non-hydrogen) atoms. The zero-order valence-electron chi connectivity index (χ0n) is 7.56. The Bertz CT molecular complexity index is 425. The van der Waals surface area contributed by atoms with Crippen LogP contribution in [-0.4, -0.2) is 27.7 Å². The summed E-state index contributed by atoms with van der Waals surface area (Å²) in [4.78, 5) is 0. The van der Waals surface area contributed by atoms with Gasteiger partial charge in [-0.15, -0.1) is 5.10 Å². The Hall–Kier alpha value is -2.11. The Balaban J connectivity index is 2.43. The SMILES string of the molecule is COc1ccc(-c2nnn[nH]2)cc1N. The molecule has 0 bridgehead atoms. The average Bonchev–Trinajstić information content (AvgIpc) is 2.70. The molecule has 0 aliphatic carbocycles. The van der Waals surface area contributed by atoms with Crippen LogP contribution in [0.5, 0.6) is 5.75 Å². The van der Waals surface area contributed by atoms with Crippen LogP contribution in [0.25, 0.3) is 11.4 Å². The second-order valence-electron chi connectivity index (χ2n) is 2.71. The first-order valence-electron chi connectivity index (χ1n) is 3.99. The number of nitrogens with zero attached hydrogens (tertiary/aromatic N) is 3. The highest BCUT2D eigenvalue weighted by Crippen LogP contribution is 2.25. The lowest BCUT2D eigenvalue weighted by atomic mass is 10.2. The summed E-state index contributed by atoms with van der Waals surface area (Å²) in [5.41, 5.74) is 7.11. The fraction of sp³-hybridized carbons (Fsp3) is 0.125. The smallest absolute Gasteiger partial charge is 0.179 e. The molecule has 0 spiro atoms. The van der Waals surface area contributed by atoms with Crippen LogP contribution in [0.4, 0.5) is 5.69 Å². The minimum atomic E-state index is 0.557. The molecule has 2 rings (SSSR count). The summed E-state index contributed by atoms with van der Waals surface area (Å²) in [5.74, 6) is 1.22. The normalized spacial score (nSPS) is 10.1. The fourth-order valence-corrected chi connectivity index (χ4v) is 1.16. The second-order valence-corrected chi connectivity index (χ2v) is 2.71. The molecule has 1 heterocycles. The number of ether oxygens (including phenoxy) is 1. The largest absolute Gasteiger partial charge is 0.495 e. The minimum absolute atomic E-state index is 0.557. The van der Waals surface area contributed by atoms with E-state index in [1.165, 1.54) is 0 Å². The average molecular weight is 191 g/mol. The van der Waals surface area contributed by atoms with E-state index in [2.05, 4.69) is 20.6 Å². The van der Waals surface area contributed by atoms with Gasteiger partial charge in [-0.1, -0.05) is 0 Å². The van der Waals surface area contributed by atoms with Crippen LogP contribution in [0.2, 0.25) is 0 Å². The van der Waals surface area contributed by atoms with E-state index in [9.17, 15) is 0 Å². The van der Waals surface area contributed by atoms with Gasteiger partial charge in [-0.05, 0) is 28.6 Å². The van der Waals surface area contributed by atoms with Gasteiger partial charge in [0, 0.05) is 5.56 Å². The van der Waals surface area contributed by atoms with E-state index in [-0.39, 0.29) is 0 Å². The van der Waals surface area contributed by atoms with Crippen LogP contribution >= 0.6 is 0 Å². The number of aromatic amines is 1. The molecule has 2 aromatic rings. The van der Waals surface area contributed by atoms with E-state index in [1.54, 1.807) is 19.2 Å². The number of nitrogen functional groups attached to an aromatic ring is 1. The highest BCUT2D eigenvalue weighted by Gasteiger charge is 2.04. The molecule has 6 nitrogen and oxygen atoms in total. The number of nitrogens with two attached hydrogens (primary N) is 1. The lowest BCUT2D eigenvalue weighted by molar-refractivity contribution is 0.417. The number of hydrogen-bond acceptors (Lipinski definition) is 5. The molecular formula is C8H9N5O. The van der Waals surface area contributed by atoms with E-state index in [0.717, 1.165) is 5.56 Å². The van der Waals surface area contributed by atoms with Crippen molar-refractivity contribution in [1.82, 2.24) is 20.6 Å². The van der Waals surface area contributed by atoms with Crippen molar-refractivity contribution < 1.29 is 4.74 Å². The van der Waals surface area contributed by atoms with E-state index in [1.807, 2.05) is 6.07 Å². The first-order valence-corrected chi connectivity index (χ1v) is 3.99. The van der Waals surface area contributed by atoms with Crippen LogP contribution in [0.3, 0.4) is 0 Å². The van der Waals surface area contributed by atoms with Gasteiger partial charge < -0.3 is 10.5 Å². The van der Waals surface area contributed by atoms with Crippen LogP contribution in [0.15, 0.2) is 18.2 Å². The molecule has 0 aliphatic heterocycles. The molecule has 6 heteroatoms. The maximum absolute atomic E-state index is 5.73. The van der Waals surface area contributed by atoms with Gasteiger partial charge in [-0.25, -0.2) is 5.10 Å². The number of hydrogen-bond donors (Lipinski definition) is 2. The Morgan fingerprint density at radius 3 is 2.86 bits per heavy atom. The van der Waals surface area contributed by atoms with Crippen LogP contribution in [0, 0.1) is 0 Å². The van der Waals surface area contributed by atoms with Crippen LogP contribution in [-0.2, 0) is 0 Å². The number of rotatable bonds is 2. The maximum atomic E-state index is 5.73. The topological polar surface area (TPSA) is 89.7 Å². The summed E-state index contributed by atoms with van der Waals surface area (Å²) in [6, 6.07) is 5.35. The number of tetrazole rings is 1. The van der Waals surface area contributed by atoms with Crippen LogP contribution < -0.4 is 10.5 Å². The molecule has 0 saturated heterocycles. The van der Waals surface area contributed by atoms with Gasteiger partial charge in [0.05, 0.1) is 12.8 Å². The highest BCUT2D eigenvalue weighted by molar-refractivity contribution is 5.65. The molecule has 72 valence electrons. The molecule has 0 amide bonds.